The number of hydrogen-bond acceptors (Lipinski definition) is 2. The molecule has 0 bridgehead atoms. The molecule has 0 fully saturated rings. The number of thioether (sulfide) groups is 1. The highest BCUT2D eigenvalue weighted by Crippen LogP contribution is 2.08. The zero-order valence-electron chi connectivity index (χ0n) is 9.59. The molecule has 0 spiro atoms. The maximum absolute atomic E-state index is 12.9. The summed E-state index contributed by atoms with van der Waals surface area (Å²) in [5, 5.41) is 3.23. The van der Waals surface area contributed by atoms with Gasteiger partial charge < -0.3 is 5.32 Å². The van der Waals surface area contributed by atoms with Gasteiger partial charge in [0.05, 0.1) is 0 Å². The van der Waals surface area contributed by atoms with Crippen LogP contribution in [-0.4, -0.2) is 17.5 Å². The fourth-order valence-corrected chi connectivity index (χ4v) is 2.07. The van der Waals surface area contributed by atoms with E-state index in [1.54, 1.807) is 0 Å². The molecular weight excluding hydrogens is 228 g/mol. The normalized spacial score (nSPS) is 12.8. The lowest BCUT2D eigenvalue weighted by Crippen LogP contribution is -2.27. The number of nitrogens with one attached hydrogen (secondary N) is 1. The average molecular weight is 245 g/mol. The Morgan fingerprint density at radius 1 is 1.25 bits per heavy atom. The molecule has 1 rings (SSSR count). The van der Waals surface area contributed by atoms with E-state index < -0.39 is 11.6 Å². The number of hydrogen-bond donors (Lipinski definition) is 1. The lowest BCUT2D eigenvalue weighted by Gasteiger charge is -2.13. The van der Waals surface area contributed by atoms with Gasteiger partial charge in [0.1, 0.15) is 11.6 Å². The predicted molar refractivity (Wildman–Crippen MR) is 65.7 cm³/mol. The van der Waals surface area contributed by atoms with E-state index in [1.807, 2.05) is 11.8 Å². The first-order valence-electron chi connectivity index (χ1n) is 5.38. The molecule has 1 aromatic carbocycles. The van der Waals surface area contributed by atoms with Crippen molar-refractivity contribution in [2.24, 2.45) is 0 Å². The summed E-state index contributed by atoms with van der Waals surface area (Å²) in [7, 11) is 0. The Morgan fingerprint density at radius 3 is 2.44 bits per heavy atom. The van der Waals surface area contributed by atoms with Crippen molar-refractivity contribution in [1.29, 1.82) is 0 Å². The molecule has 1 aromatic rings. The van der Waals surface area contributed by atoms with Crippen LogP contribution in [-0.2, 0) is 6.54 Å². The van der Waals surface area contributed by atoms with Gasteiger partial charge in [0.2, 0.25) is 0 Å². The Bertz CT molecular complexity index is 311. The minimum Gasteiger partial charge on any atom is -0.309 e. The molecular formula is C12H17F2NS. The monoisotopic (exact) mass is 245 g/mol. The molecule has 16 heavy (non-hydrogen) atoms. The van der Waals surface area contributed by atoms with Crippen LogP contribution in [0.15, 0.2) is 18.2 Å². The third-order valence-corrected chi connectivity index (χ3v) is 3.29. The topological polar surface area (TPSA) is 12.0 Å². The molecule has 0 heterocycles. The number of benzene rings is 1. The van der Waals surface area contributed by atoms with Gasteiger partial charge in [-0.2, -0.15) is 11.8 Å². The van der Waals surface area contributed by atoms with Gasteiger partial charge in [-0.3, -0.25) is 0 Å². The van der Waals surface area contributed by atoms with E-state index in [2.05, 4.69) is 19.2 Å². The summed E-state index contributed by atoms with van der Waals surface area (Å²) < 4.78 is 25.8. The van der Waals surface area contributed by atoms with Crippen molar-refractivity contribution in [1.82, 2.24) is 5.32 Å². The van der Waals surface area contributed by atoms with Gasteiger partial charge in [0, 0.05) is 24.4 Å². The van der Waals surface area contributed by atoms with Crippen LogP contribution >= 0.6 is 11.8 Å². The van der Waals surface area contributed by atoms with Crippen LogP contribution in [0.25, 0.3) is 0 Å². The Hall–Kier alpha value is -0.610. The molecule has 0 saturated heterocycles. The lowest BCUT2D eigenvalue weighted by molar-refractivity contribution is 0.563. The van der Waals surface area contributed by atoms with Crippen LogP contribution < -0.4 is 5.32 Å². The number of rotatable bonds is 6. The van der Waals surface area contributed by atoms with Crippen molar-refractivity contribution in [3.8, 4) is 0 Å². The largest absolute Gasteiger partial charge is 0.309 e. The fraction of sp³-hybridized carbons (Fsp3) is 0.500. The standard InChI is InChI=1S/C12H17F2NS/c1-3-16-8-9(2)15-7-10-4-11(13)6-12(14)5-10/h4-6,9,15H,3,7-8H2,1-2H3. The van der Waals surface area contributed by atoms with Crippen molar-refractivity contribution in [3.05, 3.63) is 35.4 Å². The van der Waals surface area contributed by atoms with E-state index in [4.69, 9.17) is 0 Å². The highest BCUT2D eigenvalue weighted by atomic mass is 32.2. The summed E-state index contributed by atoms with van der Waals surface area (Å²) >= 11 is 1.85. The molecule has 0 saturated carbocycles. The quantitative estimate of drug-likeness (QED) is 0.826. The van der Waals surface area contributed by atoms with Crippen LogP contribution in [0.3, 0.4) is 0 Å². The zero-order chi connectivity index (χ0) is 12.0. The molecule has 1 nitrogen and oxygen atoms in total. The zero-order valence-corrected chi connectivity index (χ0v) is 10.4. The summed E-state index contributed by atoms with van der Waals surface area (Å²) in [5.41, 5.74) is 0.644. The molecule has 0 aliphatic rings. The third-order valence-electron chi connectivity index (χ3n) is 2.15. The van der Waals surface area contributed by atoms with Crippen LogP contribution in [0.5, 0.6) is 0 Å². The summed E-state index contributed by atoms with van der Waals surface area (Å²) in [6.07, 6.45) is 0. The van der Waals surface area contributed by atoms with Crippen molar-refractivity contribution in [2.75, 3.05) is 11.5 Å². The minimum atomic E-state index is -0.521. The van der Waals surface area contributed by atoms with Crippen LogP contribution in [0.1, 0.15) is 19.4 Å². The minimum absolute atomic E-state index is 0.344. The first-order chi connectivity index (χ1) is 7.61. The smallest absolute Gasteiger partial charge is 0.126 e. The van der Waals surface area contributed by atoms with Crippen molar-refractivity contribution in [3.63, 3.8) is 0 Å². The van der Waals surface area contributed by atoms with Gasteiger partial charge in [0.15, 0.2) is 0 Å². The second-order valence-corrected chi connectivity index (χ2v) is 5.04. The lowest BCUT2D eigenvalue weighted by atomic mass is 10.2. The Labute approximate surface area is 99.6 Å². The predicted octanol–water partition coefficient (Wildman–Crippen LogP) is 3.20. The van der Waals surface area contributed by atoms with E-state index in [0.29, 0.717) is 18.2 Å². The van der Waals surface area contributed by atoms with E-state index >= 15 is 0 Å². The van der Waals surface area contributed by atoms with Crippen LogP contribution in [0.4, 0.5) is 8.78 Å². The Morgan fingerprint density at radius 2 is 1.88 bits per heavy atom. The van der Waals surface area contributed by atoms with E-state index in [0.717, 1.165) is 17.6 Å². The molecule has 0 aromatic heterocycles. The maximum Gasteiger partial charge on any atom is 0.126 e. The van der Waals surface area contributed by atoms with Gasteiger partial charge in [-0.25, -0.2) is 8.78 Å². The summed E-state index contributed by atoms with van der Waals surface area (Å²) in [4.78, 5) is 0. The molecule has 0 radical (unpaired) electrons. The molecule has 0 aliphatic heterocycles. The van der Waals surface area contributed by atoms with Gasteiger partial charge in [-0.15, -0.1) is 0 Å². The highest BCUT2D eigenvalue weighted by molar-refractivity contribution is 7.99. The fourth-order valence-electron chi connectivity index (χ4n) is 1.36. The average Bonchev–Trinajstić information content (AvgIpc) is 2.22. The summed E-state index contributed by atoms with van der Waals surface area (Å²) in [6, 6.07) is 3.95. The van der Waals surface area contributed by atoms with Gasteiger partial charge >= 0.3 is 0 Å². The van der Waals surface area contributed by atoms with Gasteiger partial charge in [-0.1, -0.05) is 6.92 Å². The molecule has 0 amide bonds. The molecule has 0 aliphatic carbocycles. The van der Waals surface area contributed by atoms with Crippen molar-refractivity contribution in [2.45, 2.75) is 26.4 Å². The van der Waals surface area contributed by atoms with Crippen molar-refractivity contribution < 1.29 is 8.78 Å². The maximum atomic E-state index is 12.9. The molecule has 1 N–H and O–H groups in total. The summed E-state index contributed by atoms with van der Waals surface area (Å²) in [6.45, 7) is 4.68. The van der Waals surface area contributed by atoms with Crippen molar-refractivity contribution >= 4 is 11.8 Å². The SMILES string of the molecule is CCSCC(C)NCc1cc(F)cc(F)c1. The Kier molecular flexibility index (Phi) is 5.77. The third kappa shape index (κ3) is 4.94. The van der Waals surface area contributed by atoms with E-state index in [9.17, 15) is 8.78 Å². The second-order valence-electron chi connectivity index (χ2n) is 3.72. The van der Waals surface area contributed by atoms with E-state index in [-0.39, 0.29) is 0 Å². The highest BCUT2D eigenvalue weighted by Gasteiger charge is 2.03. The van der Waals surface area contributed by atoms with Gasteiger partial charge in [0.25, 0.3) is 0 Å². The Balaban J connectivity index is 2.41. The molecule has 1 atom stereocenters. The van der Waals surface area contributed by atoms with E-state index in [1.165, 1.54) is 12.1 Å². The first-order valence-corrected chi connectivity index (χ1v) is 6.53. The molecule has 1 unspecified atom stereocenters. The van der Waals surface area contributed by atoms with Crippen LogP contribution in [0, 0.1) is 11.6 Å². The summed E-state index contributed by atoms with van der Waals surface area (Å²) in [5.74, 6) is 1.05. The van der Waals surface area contributed by atoms with Gasteiger partial charge in [-0.05, 0) is 30.4 Å². The second kappa shape index (κ2) is 6.86. The van der Waals surface area contributed by atoms with Crippen LogP contribution in [0.2, 0.25) is 0 Å². The molecule has 4 heteroatoms. The molecule has 90 valence electrons. The number of halogens is 2. The first kappa shape index (κ1) is 13.5.